The summed E-state index contributed by atoms with van der Waals surface area (Å²) in [6.45, 7) is 1.98. The molecule has 0 atom stereocenters. The van der Waals surface area contributed by atoms with Crippen molar-refractivity contribution in [3.63, 3.8) is 0 Å². The van der Waals surface area contributed by atoms with Crippen molar-refractivity contribution >= 4 is 35.0 Å². The van der Waals surface area contributed by atoms with Gasteiger partial charge >= 0.3 is 0 Å². The van der Waals surface area contributed by atoms with Crippen LogP contribution in [-0.2, 0) is 9.59 Å². The van der Waals surface area contributed by atoms with E-state index >= 15 is 0 Å². The summed E-state index contributed by atoms with van der Waals surface area (Å²) >= 11 is 1.48. The fraction of sp³-hybridized carbons (Fsp3) is 0.250. The van der Waals surface area contributed by atoms with Crippen LogP contribution in [0.15, 0.2) is 48.5 Å². The van der Waals surface area contributed by atoms with Crippen LogP contribution in [0.25, 0.3) is 0 Å². The molecule has 2 aromatic rings. The molecule has 2 aromatic carbocycles. The molecule has 0 saturated heterocycles. The highest BCUT2D eigenvalue weighted by Gasteiger charge is 2.05. The van der Waals surface area contributed by atoms with E-state index < -0.39 is 0 Å². The van der Waals surface area contributed by atoms with E-state index in [4.69, 9.17) is 5.26 Å². The normalized spacial score (nSPS) is 10.0. The number of aryl methyl sites for hydroxylation is 1. The van der Waals surface area contributed by atoms with Crippen LogP contribution in [0.3, 0.4) is 0 Å². The van der Waals surface area contributed by atoms with Gasteiger partial charge < -0.3 is 10.6 Å². The van der Waals surface area contributed by atoms with E-state index in [9.17, 15) is 9.59 Å². The predicted octanol–water partition coefficient (Wildman–Crippen LogP) is 3.96. The number of benzene rings is 2. The minimum atomic E-state index is -0.116. The van der Waals surface area contributed by atoms with Crippen LogP contribution in [-0.4, -0.2) is 23.3 Å². The van der Waals surface area contributed by atoms with Crippen molar-refractivity contribution in [3.05, 3.63) is 59.7 Å². The third-order valence-electron chi connectivity index (χ3n) is 3.50. The van der Waals surface area contributed by atoms with Crippen molar-refractivity contribution in [2.45, 2.75) is 19.8 Å². The van der Waals surface area contributed by atoms with Crippen LogP contribution in [0, 0.1) is 18.3 Å². The molecule has 0 spiro atoms. The minimum Gasteiger partial charge on any atom is -0.326 e. The Labute approximate surface area is 157 Å². The van der Waals surface area contributed by atoms with Gasteiger partial charge in [-0.2, -0.15) is 17.0 Å². The van der Waals surface area contributed by atoms with E-state index in [1.165, 1.54) is 11.8 Å². The van der Waals surface area contributed by atoms with Gasteiger partial charge in [0, 0.05) is 17.8 Å². The summed E-state index contributed by atoms with van der Waals surface area (Å²) in [7, 11) is 0. The quantitative estimate of drug-likeness (QED) is 0.692. The summed E-state index contributed by atoms with van der Waals surface area (Å²) in [6.07, 6.45) is 1.13. The molecule has 134 valence electrons. The van der Waals surface area contributed by atoms with Crippen molar-refractivity contribution in [1.29, 1.82) is 5.26 Å². The maximum Gasteiger partial charge on any atom is 0.234 e. The number of hydrogen-bond acceptors (Lipinski definition) is 4. The van der Waals surface area contributed by atoms with Crippen LogP contribution in [0.5, 0.6) is 0 Å². The Morgan fingerprint density at radius 2 is 1.73 bits per heavy atom. The molecule has 0 aliphatic rings. The Bertz CT molecular complexity index is 815. The molecule has 6 heteroatoms. The maximum atomic E-state index is 11.9. The average molecular weight is 367 g/mol. The molecule has 0 bridgehead atoms. The van der Waals surface area contributed by atoms with E-state index in [1.54, 1.807) is 24.3 Å². The Balaban J connectivity index is 1.61. The topological polar surface area (TPSA) is 82.0 Å². The molecule has 0 aromatic heterocycles. The fourth-order valence-corrected chi connectivity index (χ4v) is 3.06. The lowest BCUT2D eigenvalue weighted by atomic mass is 10.2. The largest absolute Gasteiger partial charge is 0.326 e. The van der Waals surface area contributed by atoms with Crippen molar-refractivity contribution in [3.8, 4) is 6.07 Å². The average Bonchev–Trinajstić information content (AvgIpc) is 2.61. The summed E-state index contributed by atoms with van der Waals surface area (Å²) in [4.78, 5) is 23.8. The molecule has 0 aliphatic carbocycles. The molecule has 0 radical (unpaired) electrons. The molecule has 2 amide bonds. The highest BCUT2D eigenvalue weighted by molar-refractivity contribution is 7.99. The van der Waals surface area contributed by atoms with Gasteiger partial charge in [0.05, 0.1) is 17.4 Å². The number of amides is 2. The van der Waals surface area contributed by atoms with E-state index in [1.807, 2.05) is 37.3 Å². The number of rotatable bonds is 8. The molecular formula is C20H21N3O2S. The molecule has 0 heterocycles. The maximum absolute atomic E-state index is 11.9. The first-order valence-corrected chi connectivity index (χ1v) is 9.46. The van der Waals surface area contributed by atoms with Crippen LogP contribution >= 0.6 is 11.8 Å². The first-order chi connectivity index (χ1) is 12.6. The Morgan fingerprint density at radius 3 is 2.46 bits per heavy atom. The van der Waals surface area contributed by atoms with Gasteiger partial charge in [-0.15, -0.1) is 0 Å². The van der Waals surface area contributed by atoms with Gasteiger partial charge in [-0.25, -0.2) is 0 Å². The van der Waals surface area contributed by atoms with Gasteiger partial charge in [0.1, 0.15) is 0 Å². The number of anilines is 2. The zero-order valence-corrected chi connectivity index (χ0v) is 15.4. The smallest absolute Gasteiger partial charge is 0.234 e. The Morgan fingerprint density at radius 1 is 1.04 bits per heavy atom. The summed E-state index contributed by atoms with van der Waals surface area (Å²) in [6, 6.07) is 16.5. The summed E-state index contributed by atoms with van der Waals surface area (Å²) in [5.74, 6) is 0.909. The van der Waals surface area contributed by atoms with Crippen LogP contribution in [0.4, 0.5) is 11.4 Å². The van der Waals surface area contributed by atoms with Gasteiger partial charge in [0.25, 0.3) is 0 Å². The van der Waals surface area contributed by atoms with Gasteiger partial charge in [-0.05, 0) is 55.0 Å². The first kappa shape index (κ1) is 19.5. The fourth-order valence-electron chi connectivity index (χ4n) is 2.31. The lowest BCUT2D eigenvalue weighted by molar-refractivity contribution is -0.116. The molecule has 2 rings (SSSR count). The Kier molecular flexibility index (Phi) is 7.72. The molecule has 0 unspecified atom stereocenters. The molecule has 0 aliphatic heterocycles. The molecule has 0 saturated carbocycles. The van der Waals surface area contributed by atoms with Gasteiger partial charge in [-0.1, -0.05) is 18.2 Å². The standard InChI is InChI=1S/C20H21N3O2S/c1-15-5-2-7-17(11-15)22-19(24)9-4-10-26-14-20(25)23-18-8-3-6-16(12-18)13-21/h2-3,5-8,11-12H,4,9-10,14H2,1H3,(H,22,24)(H,23,25). The number of nitrogens with zero attached hydrogens (tertiary/aromatic N) is 1. The van der Waals surface area contributed by atoms with E-state index in [2.05, 4.69) is 10.6 Å². The number of carbonyl (C=O) groups is 2. The van der Waals surface area contributed by atoms with Crippen molar-refractivity contribution in [2.75, 3.05) is 22.1 Å². The summed E-state index contributed by atoms with van der Waals surface area (Å²) in [5, 5.41) is 14.5. The SMILES string of the molecule is Cc1cccc(NC(=O)CCCSCC(=O)Nc2cccc(C#N)c2)c1. The number of carbonyl (C=O) groups excluding carboxylic acids is 2. The highest BCUT2D eigenvalue weighted by Crippen LogP contribution is 2.13. The summed E-state index contributed by atoms with van der Waals surface area (Å²) < 4.78 is 0. The van der Waals surface area contributed by atoms with Gasteiger partial charge in [0.15, 0.2) is 0 Å². The van der Waals surface area contributed by atoms with Crippen LogP contribution in [0.1, 0.15) is 24.0 Å². The number of thioether (sulfide) groups is 1. The molecular weight excluding hydrogens is 346 g/mol. The second-order valence-corrected chi connectivity index (χ2v) is 6.92. The predicted molar refractivity (Wildman–Crippen MR) is 106 cm³/mol. The van der Waals surface area contributed by atoms with E-state index in [-0.39, 0.29) is 11.8 Å². The molecule has 5 nitrogen and oxygen atoms in total. The lowest BCUT2D eigenvalue weighted by Crippen LogP contribution is -2.15. The van der Waals surface area contributed by atoms with E-state index in [0.29, 0.717) is 29.8 Å². The third kappa shape index (κ3) is 6.99. The third-order valence-corrected chi connectivity index (χ3v) is 4.55. The highest BCUT2D eigenvalue weighted by atomic mass is 32.2. The number of hydrogen-bond donors (Lipinski definition) is 2. The number of nitriles is 1. The van der Waals surface area contributed by atoms with Crippen LogP contribution < -0.4 is 10.6 Å². The van der Waals surface area contributed by atoms with Crippen molar-refractivity contribution in [2.24, 2.45) is 0 Å². The number of nitrogens with one attached hydrogen (secondary N) is 2. The van der Waals surface area contributed by atoms with Crippen LogP contribution in [0.2, 0.25) is 0 Å². The van der Waals surface area contributed by atoms with Crippen molar-refractivity contribution < 1.29 is 9.59 Å². The van der Waals surface area contributed by atoms with Crippen molar-refractivity contribution in [1.82, 2.24) is 0 Å². The molecule has 2 N–H and O–H groups in total. The lowest BCUT2D eigenvalue weighted by Gasteiger charge is -2.07. The Hall–Kier alpha value is -2.78. The second-order valence-electron chi connectivity index (χ2n) is 5.81. The second kappa shape index (κ2) is 10.3. The molecule has 26 heavy (non-hydrogen) atoms. The van der Waals surface area contributed by atoms with Gasteiger partial charge in [-0.3, -0.25) is 9.59 Å². The summed E-state index contributed by atoms with van der Waals surface area (Å²) in [5.41, 5.74) is 3.04. The van der Waals surface area contributed by atoms with Gasteiger partial charge in [0.2, 0.25) is 11.8 Å². The molecule has 0 fully saturated rings. The zero-order chi connectivity index (χ0) is 18.8. The first-order valence-electron chi connectivity index (χ1n) is 8.31. The van der Waals surface area contributed by atoms with E-state index in [0.717, 1.165) is 17.0 Å². The zero-order valence-electron chi connectivity index (χ0n) is 14.6. The monoisotopic (exact) mass is 367 g/mol. The minimum absolute atomic E-state index is 0.0195.